The topological polar surface area (TPSA) is 89.6 Å². The zero-order valence-corrected chi connectivity index (χ0v) is 11.2. The second kappa shape index (κ2) is 5.85. The van der Waals surface area contributed by atoms with E-state index >= 15 is 0 Å². The van der Waals surface area contributed by atoms with Crippen LogP contribution in [0.25, 0.3) is 0 Å². The average molecular weight is 269 g/mol. The SMILES string of the molecule is CCCn1c(SCc2nc(CC)no2)n[nH]c1=O. The van der Waals surface area contributed by atoms with Crippen LogP contribution < -0.4 is 5.69 Å². The highest BCUT2D eigenvalue weighted by Gasteiger charge is 2.11. The van der Waals surface area contributed by atoms with E-state index in [9.17, 15) is 4.79 Å². The summed E-state index contributed by atoms with van der Waals surface area (Å²) in [6.07, 6.45) is 1.63. The van der Waals surface area contributed by atoms with Crippen LogP contribution in [0.15, 0.2) is 14.5 Å². The first kappa shape index (κ1) is 12.9. The molecule has 2 aromatic heterocycles. The lowest BCUT2D eigenvalue weighted by molar-refractivity contribution is 0.385. The predicted molar refractivity (Wildman–Crippen MR) is 66.4 cm³/mol. The highest BCUT2D eigenvalue weighted by atomic mass is 32.2. The monoisotopic (exact) mass is 269 g/mol. The van der Waals surface area contributed by atoms with E-state index in [1.165, 1.54) is 11.8 Å². The summed E-state index contributed by atoms with van der Waals surface area (Å²) in [5.74, 6) is 1.76. The van der Waals surface area contributed by atoms with Crippen molar-refractivity contribution < 1.29 is 4.52 Å². The summed E-state index contributed by atoms with van der Waals surface area (Å²) < 4.78 is 6.69. The minimum Gasteiger partial charge on any atom is -0.338 e. The van der Waals surface area contributed by atoms with Gasteiger partial charge in [0.05, 0.1) is 5.75 Å². The highest BCUT2D eigenvalue weighted by molar-refractivity contribution is 7.98. The fourth-order valence-corrected chi connectivity index (χ4v) is 2.26. The van der Waals surface area contributed by atoms with E-state index in [4.69, 9.17) is 4.52 Å². The van der Waals surface area contributed by atoms with Crippen LogP contribution in [-0.2, 0) is 18.7 Å². The van der Waals surface area contributed by atoms with Crippen LogP contribution in [0.2, 0.25) is 0 Å². The summed E-state index contributed by atoms with van der Waals surface area (Å²) in [7, 11) is 0. The number of hydrogen-bond donors (Lipinski definition) is 1. The first-order valence-corrected chi connectivity index (χ1v) is 6.82. The molecule has 0 saturated carbocycles. The number of aromatic amines is 1. The van der Waals surface area contributed by atoms with E-state index in [1.807, 2.05) is 13.8 Å². The Balaban J connectivity index is 2.03. The van der Waals surface area contributed by atoms with Crippen molar-refractivity contribution in [2.45, 2.75) is 44.1 Å². The van der Waals surface area contributed by atoms with Gasteiger partial charge < -0.3 is 4.52 Å². The Kier molecular flexibility index (Phi) is 4.19. The lowest BCUT2D eigenvalue weighted by atomic mass is 10.5. The van der Waals surface area contributed by atoms with Crippen molar-refractivity contribution in [3.63, 3.8) is 0 Å². The third-order valence-corrected chi connectivity index (χ3v) is 3.28. The Bertz CT molecular complexity index is 559. The highest BCUT2D eigenvalue weighted by Crippen LogP contribution is 2.18. The number of H-pyrrole nitrogens is 1. The molecule has 2 rings (SSSR count). The minimum atomic E-state index is -0.181. The standard InChI is InChI=1S/C10H15N5O2S/c1-3-5-15-9(16)12-13-10(15)18-6-8-11-7(4-2)14-17-8/h3-6H2,1-2H3,(H,12,16). The molecule has 0 atom stereocenters. The van der Waals surface area contributed by atoms with E-state index in [0.29, 0.717) is 29.2 Å². The van der Waals surface area contributed by atoms with Gasteiger partial charge in [0, 0.05) is 13.0 Å². The molecule has 0 radical (unpaired) electrons. The molecule has 7 nitrogen and oxygen atoms in total. The molecule has 0 aromatic carbocycles. The van der Waals surface area contributed by atoms with Gasteiger partial charge in [-0.25, -0.2) is 9.89 Å². The second-order valence-electron chi connectivity index (χ2n) is 3.71. The normalized spacial score (nSPS) is 11.0. The zero-order valence-electron chi connectivity index (χ0n) is 10.3. The molecule has 8 heteroatoms. The van der Waals surface area contributed by atoms with Gasteiger partial charge in [-0.2, -0.15) is 4.98 Å². The van der Waals surface area contributed by atoms with Gasteiger partial charge in [0.15, 0.2) is 11.0 Å². The summed E-state index contributed by atoms with van der Waals surface area (Å²) in [5.41, 5.74) is -0.181. The van der Waals surface area contributed by atoms with Gasteiger partial charge in [0.1, 0.15) is 0 Å². The number of thioether (sulfide) groups is 1. The number of nitrogens with one attached hydrogen (secondary N) is 1. The minimum absolute atomic E-state index is 0.181. The van der Waals surface area contributed by atoms with Crippen LogP contribution >= 0.6 is 11.8 Å². The molecule has 98 valence electrons. The molecule has 0 spiro atoms. The molecule has 1 N–H and O–H groups in total. The number of rotatable bonds is 6. The molecule has 0 amide bonds. The fourth-order valence-electron chi connectivity index (χ4n) is 1.45. The van der Waals surface area contributed by atoms with Crippen LogP contribution in [0.1, 0.15) is 32.0 Å². The van der Waals surface area contributed by atoms with E-state index in [-0.39, 0.29) is 5.69 Å². The molecule has 0 saturated heterocycles. The smallest absolute Gasteiger partial charge is 0.338 e. The molecule has 0 aliphatic heterocycles. The first-order chi connectivity index (χ1) is 8.74. The van der Waals surface area contributed by atoms with Crippen molar-refractivity contribution in [1.29, 1.82) is 0 Å². The molecule has 0 unspecified atom stereocenters. The Hall–Kier alpha value is -1.57. The lowest BCUT2D eigenvalue weighted by Crippen LogP contribution is -2.17. The van der Waals surface area contributed by atoms with Gasteiger partial charge in [0.25, 0.3) is 0 Å². The summed E-state index contributed by atoms with van der Waals surface area (Å²) in [6.45, 7) is 4.63. The van der Waals surface area contributed by atoms with E-state index in [0.717, 1.165) is 12.8 Å². The van der Waals surface area contributed by atoms with Gasteiger partial charge in [-0.1, -0.05) is 30.8 Å². The molecule has 2 aromatic rings. The summed E-state index contributed by atoms with van der Waals surface area (Å²) in [4.78, 5) is 15.7. The van der Waals surface area contributed by atoms with Crippen LogP contribution in [0, 0.1) is 0 Å². The van der Waals surface area contributed by atoms with Crippen LogP contribution in [0.4, 0.5) is 0 Å². The van der Waals surface area contributed by atoms with Crippen LogP contribution in [0.5, 0.6) is 0 Å². The van der Waals surface area contributed by atoms with Gasteiger partial charge in [-0.15, -0.1) is 5.10 Å². The van der Waals surface area contributed by atoms with E-state index in [2.05, 4.69) is 20.3 Å². The van der Waals surface area contributed by atoms with Crippen molar-refractivity contribution >= 4 is 11.8 Å². The van der Waals surface area contributed by atoms with Crippen molar-refractivity contribution in [1.82, 2.24) is 24.9 Å². The maximum absolute atomic E-state index is 11.5. The molecule has 18 heavy (non-hydrogen) atoms. The summed E-state index contributed by atoms with van der Waals surface area (Å²) in [6, 6.07) is 0. The summed E-state index contributed by atoms with van der Waals surface area (Å²) in [5, 5.41) is 10.9. The third-order valence-electron chi connectivity index (χ3n) is 2.32. The van der Waals surface area contributed by atoms with Gasteiger partial charge in [0.2, 0.25) is 5.89 Å². The molecular weight excluding hydrogens is 254 g/mol. The van der Waals surface area contributed by atoms with Crippen molar-refractivity contribution in [3.05, 3.63) is 22.2 Å². The number of aryl methyl sites for hydroxylation is 1. The quantitative estimate of drug-likeness (QED) is 0.793. The number of nitrogens with zero attached hydrogens (tertiary/aromatic N) is 4. The Morgan fingerprint density at radius 1 is 1.44 bits per heavy atom. The van der Waals surface area contributed by atoms with E-state index < -0.39 is 0 Å². The first-order valence-electron chi connectivity index (χ1n) is 5.84. The summed E-state index contributed by atoms with van der Waals surface area (Å²) >= 11 is 1.41. The Morgan fingerprint density at radius 3 is 2.94 bits per heavy atom. The molecule has 2 heterocycles. The maximum Gasteiger partial charge on any atom is 0.343 e. The number of hydrogen-bond acceptors (Lipinski definition) is 6. The van der Waals surface area contributed by atoms with Crippen LogP contribution in [-0.4, -0.2) is 24.9 Å². The van der Waals surface area contributed by atoms with E-state index in [1.54, 1.807) is 4.57 Å². The third kappa shape index (κ3) is 2.81. The van der Waals surface area contributed by atoms with Crippen molar-refractivity contribution in [2.75, 3.05) is 0 Å². The second-order valence-corrected chi connectivity index (χ2v) is 4.65. The zero-order chi connectivity index (χ0) is 13.0. The largest absolute Gasteiger partial charge is 0.343 e. The molecule has 0 aliphatic rings. The molecular formula is C10H15N5O2S. The van der Waals surface area contributed by atoms with Gasteiger partial charge >= 0.3 is 5.69 Å². The lowest BCUT2D eigenvalue weighted by Gasteiger charge is -2.01. The van der Waals surface area contributed by atoms with Crippen molar-refractivity contribution in [3.8, 4) is 0 Å². The number of aromatic nitrogens is 5. The average Bonchev–Trinajstić information content (AvgIpc) is 2.96. The van der Waals surface area contributed by atoms with Gasteiger partial charge in [-0.05, 0) is 6.42 Å². The molecule has 0 aliphatic carbocycles. The predicted octanol–water partition coefficient (Wildman–Crippen LogP) is 1.22. The van der Waals surface area contributed by atoms with Crippen LogP contribution in [0.3, 0.4) is 0 Å². The molecule has 0 bridgehead atoms. The Morgan fingerprint density at radius 2 is 2.28 bits per heavy atom. The maximum atomic E-state index is 11.5. The fraction of sp³-hybridized carbons (Fsp3) is 0.600. The van der Waals surface area contributed by atoms with Crippen molar-refractivity contribution in [2.24, 2.45) is 0 Å². The Labute approximate surface area is 108 Å². The van der Waals surface area contributed by atoms with Gasteiger partial charge in [-0.3, -0.25) is 4.57 Å². The molecule has 0 fully saturated rings.